The largest absolute Gasteiger partial charge is 0.497 e. The van der Waals surface area contributed by atoms with Crippen LogP contribution in [-0.4, -0.2) is 13.7 Å². The van der Waals surface area contributed by atoms with E-state index in [1.54, 1.807) is 19.2 Å². The first-order chi connectivity index (χ1) is 10.2. The maximum atomic E-state index is 13.2. The van der Waals surface area contributed by atoms with Gasteiger partial charge in [0.15, 0.2) is 0 Å². The topological polar surface area (TPSA) is 42.2 Å². The molecular weight excluding hydrogens is 269 g/mol. The summed E-state index contributed by atoms with van der Waals surface area (Å²) in [6.07, 6.45) is 1.52. The summed E-state index contributed by atoms with van der Waals surface area (Å²) in [6.45, 7) is 0.548. The van der Waals surface area contributed by atoms with Crippen LogP contribution in [0.25, 0.3) is 0 Å². The van der Waals surface area contributed by atoms with E-state index in [1.165, 1.54) is 6.07 Å². The smallest absolute Gasteiger partial charge is 0.140 e. The monoisotopic (exact) mass is 285 g/mol. The van der Waals surface area contributed by atoms with Crippen LogP contribution in [0.4, 0.5) is 4.39 Å². The van der Waals surface area contributed by atoms with Crippen molar-refractivity contribution in [2.45, 2.75) is 12.8 Å². The van der Waals surface area contributed by atoms with Crippen molar-refractivity contribution in [3.05, 3.63) is 59.4 Å². The Kier molecular flexibility index (Phi) is 5.16. The summed E-state index contributed by atoms with van der Waals surface area (Å²) in [5, 5.41) is 8.79. The van der Waals surface area contributed by atoms with Gasteiger partial charge in [-0.15, -0.1) is 0 Å². The van der Waals surface area contributed by atoms with E-state index >= 15 is 0 Å². The molecule has 0 aliphatic heterocycles. The van der Waals surface area contributed by atoms with Gasteiger partial charge in [-0.05, 0) is 42.7 Å². The van der Waals surface area contributed by atoms with E-state index in [0.717, 1.165) is 29.9 Å². The highest BCUT2D eigenvalue weighted by Gasteiger charge is 2.03. The number of hydrogen-bond donors (Lipinski definition) is 0. The zero-order chi connectivity index (χ0) is 15.1. The molecule has 0 unspecified atom stereocenters. The zero-order valence-corrected chi connectivity index (χ0v) is 11.8. The van der Waals surface area contributed by atoms with Gasteiger partial charge in [-0.2, -0.15) is 5.26 Å². The maximum Gasteiger partial charge on any atom is 0.140 e. The summed E-state index contributed by atoms with van der Waals surface area (Å²) in [5.74, 6) is 1.03. The number of ether oxygens (including phenoxy) is 2. The fourth-order valence-corrected chi connectivity index (χ4v) is 1.97. The Morgan fingerprint density at radius 2 is 1.95 bits per heavy atom. The van der Waals surface area contributed by atoms with Gasteiger partial charge in [0, 0.05) is 6.07 Å². The average molecular weight is 285 g/mol. The second-order valence-corrected chi connectivity index (χ2v) is 4.56. The fourth-order valence-electron chi connectivity index (χ4n) is 1.97. The number of benzene rings is 2. The van der Waals surface area contributed by atoms with Crippen LogP contribution in [0.5, 0.6) is 11.5 Å². The number of rotatable bonds is 6. The van der Waals surface area contributed by atoms with Gasteiger partial charge in [0.2, 0.25) is 0 Å². The quantitative estimate of drug-likeness (QED) is 0.760. The van der Waals surface area contributed by atoms with Crippen LogP contribution < -0.4 is 9.47 Å². The van der Waals surface area contributed by atoms with Gasteiger partial charge >= 0.3 is 0 Å². The highest BCUT2D eigenvalue weighted by Crippen LogP contribution is 2.19. The van der Waals surface area contributed by atoms with Gasteiger partial charge in [0.25, 0.3) is 0 Å². The molecule has 2 aromatic rings. The number of hydrogen-bond acceptors (Lipinski definition) is 3. The van der Waals surface area contributed by atoms with Crippen LogP contribution in [0.1, 0.15) is 17.5 Å². The van der Waals surface area contributed by atoms with Crippen LogP contribution in [0.15, 0.2) is 42.5 Å². The first kappa shape index (κ1) is 14.9. The molecule has 0 aliphatic rings. The number of nitriles is 1. The minimum Gasteiger partial charge on any atom is -0.497 e. The third-order valence-corrected chi connectivity index (χ3v) is 3.07. The maximum absolute atomic E-state index is 13.2. The Morgan fingerprint density at radius 1 is 1.14 bits per heavy atom. The second-order valence-electron chi connectivity index (χ2n) is 4.56. The molecule has 2 rings (SSSR count). The van der Waals surface area contributed by atoms with E-state index in [-0.39, 0.29) is 5.56 Å². The van der Waals surface area contributed by atoms with E-state index in [0.29, 0.717) is 6.61 Å². The Bertz CT molecular complexity index is 649. The second kappa shape index (κ2) is 7.30. The van der Waals surface area contributed by atoms with Gasteiger partial charge in [-0.1, -0.05) is 12.1 Å². The Morgan fingerprint density at radius 3 is 2.71 bits per heavy atom. The van der Waals surface area contributed by atoms with Crippen molar-refractivity contribution in [1.82, 2.24) is 0 Å². The molecule has 0 atom stereocenters. The molecule has 0 aliphatic carbocycles. The summed E-state index contributed by atoms with van der Waals surface area (Å²) in [7, 11) is 1.61. The first-order valence-electron chi connectivity index (χ1n) is 6.68. The van der Waals surface area contributed by atoms with Gasteiger partial charge in [0.1, 0.15) is 23.4 Å². The molecule has 0 saturated carbocycles. The number of nitrogens with zero attached hydrogens (tertiary/aromatic N) is 1. The SMILES string of the molecule is COc1cccc(OCCCc2ccc(F)c(C#N)c2)c1. The summed E-state index contributed by atoms with van der Waals surface area (Å²) in [6, 6.07) is 13.9. The lowest BCUT2D eigenvalue weighted by atomic mass is 10.1. The van der Waals surface area contributed by atoms with Crippen molar-refractivity contribution in [2.75, 3.05) is 13.7 Å². The molecule has 0 spiro atoms. The predicted octanol–water partition coefficient (Wildman–Crippen LogP) is 3.72. The molecule has 0 N–H and O–H groups in total. The summed E-state index contributed by atoms with van der Waals surface area (Å²) in [5.41, 5.74) is 1.02. The van der Waals surface area contributed by atoms with Crippen LogP contribution in [-0.2, 0) is 6.42 Å². The Labute approximate surface area is 123 Å². The van der Waals surface area contributed by atoms with Crippen LogP contribution in [0, 0.1) is 17.1 Å². The van der Waals surface area contributed by atoms with Crippen LogP contribution in [0.2, 0.25) is 0 Å². The Hall–Kier alpha value is -2.54. The molecule has 108 valence electrons. The van der Waals surface area contributed by atoms with Crippen LogP contribution >= 0.6 is 0 Å². The van der Waals surface area contributed by atoms with Gasteiger partial charge in [-0.25, -0.2) is 4.39 Å². The third kappa shape index (κ3) is 4.22. The molecule has 0 fully saturated rings. The highest BCUT2D eigenvalue weighted by molar-refractivity contribution is 5.34. The van der Waals surface area contributed by atoms with E-state index in [9.17, 15) is 4.39 Å². The van der Waals surface area contributed by atoms with Crippen molar-refractivity contribution < 1.29 is 13.9 Å². The lowest BCUT2D eigenvalue weighted by molar-refractivity contribution is 0.308. The molecule has 0 saturated heterocycles. The Balaban J connectivity index is 1.83. The zero-order valence-electron chi connectivity index (χ0n) is 11.8. The molecule has 2 aromatic carbocycles. The lowest BCUT2D eigenvalue weighted by Crippen LogP contribution is -2.00. The van der Waals surface area contributed by atoms with Gasteiger partial charge in [-0.3, -0.25) is 0 Å². The molecule has 21 heavy (non-hydrogen) atoms. The van der Waals surface area contributed by atoms with Crippen molar-refractivity contribution in [2.24, 2.45) is 0 Å². The van der Waals surface area contributed by atoms with Crippen LogP contribution in [0.3, 0.4) is 0 Å². The van der Waals surface area contributed by atoms with E-state index in [1.807, 2.05) is 30.3 Å². The van der Waals surface area contributed by atoms with E-state index < -0.39 is 5.82 Å². The summed E-state index contributed by atoms with van der Waals surface area (Å²) in [4.78, 5) is 0. The molecule has 3 nitrogen and oxygen atoms in total. The van der Waals surface area contributed by atoms with Crippen molar-refractivity contribution in [1.29, 1.82) is 5.26 Å². The molecule has 0 amide bonds. The van der Waals surface area contributed by atoms with E-state index in [2.05, 4.69) is 0 Å². The molecular formula is C17H16FNO2. The molecule has 0 radical (unpaired) electrons. The van der Waals surface area contributed by atoms with E-state index in [4.69, 9.17) is 14.7 Å². The summed E-state index contributed by atoms with van der Waals surface area (Å²) >= 11 is 0. The molecule has 4 heteroatoms. The number of aryl methyl sites for hydroxylation is 1. The fraction of sp³-hybridized carbons (Fsp3) is 0.235. The molecule has 0 aromatic heterocycles. The molecule has 0 bridgehead atoms. The van der Waals surface area contributed by atoms with Crippen molar-refractivity contribution >= 4 is 0 Å². The summed E-state index contributed by atoms with van der Waals surface area (Å²) < 4.78 is 23.9. The third-order valence-electron chi connectivity index (χ3n) is 3.07. The van der Waals surface area contributed by atoms with Gasteiger partial charge in [0.05, 0.1) is 19.3 Å². The lowest BCUT2D eigenvalue weighted by Gasteiger charge is -2.08. The normalized spacial score (nSPS) is 9.95. The average Bonchev–Trinajstić information content (AvgIpc) is 2.53. The standard InChI is InChI=1S/C17H16FNO2/c1-20-15-5-2-6-16(11-15)21-9-3-4-13-7-8-17(18)14(10-13)12-19/h2,5-8,10-11H,3-4,9H2,1H3. The minimum absolute atomic E-state index is 0.0845. The molecule has 0 heterocycles. The van der Waals surface area contributed by atoms with Crippen molar-refractivity contribution in [3.8, 4) is 17.6 Å². The predicted molar refractivity (Wildman–Crippen MR) is 77.9 cm³/mol. The number of halogens is 1. The minimum atomic E-state index is -0.478. The number of methoxy groups -OCH3 is 1. The van der Waals surface area contributed by atoms with Gasteiger partial charge < -0.3 is 9.47 Å². The van der Waals surface area contributed by atoms with Crippen molar-refractivity contribution in [3.63, 3.8) is 0 Å². The first-order valence-corrected chi connectivity index (χ1v) is 6.68. The highest BCUT2D eigenvalue weighted by atomic mass is 19.1.